The van der Waals surface area contributed by atoms with Gasteiger partial charge >= 0.3 is 0 Å². The molecule has 21 heavy (non-hydrogen) atoms. The predicted octanol–water partition coefficient (Wildman–Crippen LogP) is 1.83. The highest BCUT2D eigenvalue weighted by atomic mass is 32.2. The van der Waals surface area contributed by atoms with Crippen LogP contribution in [0.3, 0.4) is 0 Å². The number of hydrogen-bond acceptors (Lipinski definition) is 4. The Bertz CT molecular complexity index is 565. The van der Waals surface area contributed by atoms with Crippen LogP contribution in [0.2, 0.25) is 0 Å². The monoisotopic (exact) mass is 311 g/mol. The molecular formula is C15H25N3O2S. The molecule has 1 atom stereocenters. The molecule has 1 aromatic carbocycles. The molecule has 118 valence electrons. The second kappa shape index (κ2) is 6.34. The third kappa shape index (κ3) is 3.96. The number of likely N-dealkylation sites (N-methyl/N-ethyl adjacent to an activating group) is 1. The average Bonchev–Trinajstić information content (AvgIpc) is 3.28. The molecule has 0 radical (unpaired) electrons. The minimum atomic E-state index is -3.34. The standard InChI is InChI=1S/C15H25N3O2S/c1-12(18(4)14-7-8-14)11-16-13-5-9-15(10-6-13)21(19,20)17(2)3/h5-6,9-10,12,14,16H,7-8,11H2,1-4H3. The van der Waals surface area contributed by atoms with Crippen LogP contribution in [0.1, 0.15) is 19.8 Å². The van der Waals surface area contributed by atoms with Gasteiger partial charge in [-0.1, -0.05) is 0 Å². The Labute approximate surface area is 128 Å². The van der Waals surface area contributed by atoms with Gasteiger partial charge in [0.25, 0.3) is 0 Å². The molecule has 1 aromatic rings. The fraction of sp³-hybridized carbons (Fsp3) is 0.600. The Morgan fingerprint density at radius 3 is 2.24 bits per heavy atom. The van der Waals surface area contributed by atoms with E-state index in [1.807, 2.05) is 12.1 Å². The number of sulfonamides is 1. The molecule has 0 bridgehead atoms. The van der Waals surface area contributed by atoms with Gasteiger partial charge in [-0.15, -0.1) is 0 Å². The van der Waals surface area contributed by atoms with E-state index in [4.69, 9.17) is 0 Å². The highest BCUT2D eigenvalue weighted by Gasteiger charge is 2.28. The molecule has 0 aliphatic heterocycles. The van der Waals surface area contributed by atoms with E-state index >= 15 is 0 Å². The summed E-state index contributed by atoms with van der Waals surface area (Å²) in [4.78, 5) is 2.72. The van der Waals surface area contributed by atoms with Crippen LogP contribution in [0.4, 0.5) is 5.69 Å². The van der Waals surface area contributed by atoms with Crippen molar-refractivity contribution in [2.24, 2.45) is 0 Å². The zero-order valence-electron chi connectivity index (χ0n) is 13.2. The summed E-state index contributed by atoms with van der Waals surface area (Å²) >= 11 is 0. The first-order valence-corrected chi connectivity index (χ1v) is 8.75. The number of nitrogens with zero attached hydrogens (tertiary/aromatic N) is 2. The van der Waals surface area contributed by atoms with Crippen LogP contribution < -0.4 is 5.32 Å². The maximum absolute atomic E-state index is 12.0. The quantitative estimate of drug-likeness (QED) is 0.835. The number of anilines is 1. The number of hydrogen-bond donors (Lipinski definition) is 1. The lowest BCUT2D eigenvalue weighted by molar-refractivity contribution is 0.257. The van der Waals surface area contributed by atoms with E-state index in [0.717, 1.165) is 18.3 Å². The van der Waals surface area contributed by atoms with Gasteiger partial charge in [0.1, 0.15) is 0 Å². The summed E-state index contributed by atoms with van der Waals surface area (Å²) in [6.45, 7) is 3.06. The van der Waals surface area contributed by atoms with Gasteiger partial charge in [0.2, 0.25) is 10.0 Å². The summed E-state index contributed by atoms with van der Waals surface area (Å²) < 4.78 is 25.2. The van der Waals surface area contributed by atoms with Crippen LogP contribution in [-0.4, -0.2) is 57.4 Å². The van der Waals surface area contributed by atoms with Crippen molar-refractivity contribution in [3.8, 4) is 0 Å². The zero-order chi connectivity index (χ0) is 15.6. The molecular weight excluding hydrogens is 286 g/mol. The van der Waals surface area contributed by atoms with Crippen molar-refractivity contribution in [3.05, 3.63) is 24.3 Å². The molecule has 1 unspecified atom stereocenters. The summed E-state index contributed by atoms with van der Waals surface area (Å²) in [6, 6.07) is 8.14. The maximum Gasteiger partial charge on any atom is 0.242 e. The van der Waals surface area contributed by atoms with Gasteiger partial charge in [-0.25, -0.2) is 12.7 Å². The van der Waals surface area contributed by atoms with Crippen molar-refractivity contribution >= 4 is 15.7 Å². The molecule has 0 saturated heterocycles. The molecule has 2 rings (SSSR count). The molecule has 0 amide bonds. The summed E-state index contributed by atoms with van der Waals surface area (Å²) in [7, 11) is 1.90. The molecule has 6 heteroatoms. The molecule has 0 aromatic heterocycles. The van der Waals surface area contributed by atoms with Crippen molar-refractivity contribution < 1.29 is 8.42 Å². The van der Waals surface area contributed by atoms with Crippen LogP contribution in [0.25, 0.3) is 0 Å². The molecule has 1 N–H and O–H groups in total. The number of benzene rings is 1. The Balaban J connectivity index is 1.93. The van der Waals surface area contributed by atoms with E-state index in [2.05, 4.69) is 24.2 Å². The molecule has 1 saturated carbocycles. The van der Waals surface area contributed by atoms with Crippen molar-refractivity contribution in [2.75, 3.05) is 33.0 Å². The molecule has 0 spiro atoms. The Kier molecular flexibility index (Phi) is 4.91. The minimum Gasteiger partial charge on any atom is -0.383 e. The topological polar surface area (TPSA) is 52.7 Å². The lowest BCUT2D eigenvalue weighted by Gasteiger charge is -2.25. The van der Waals surface area contributed by atoms with Gasteiger partial charge in [-0.3, -0.25) is 4.90 Å². The zero-order valence-corrected chi connectivity index (χ0v) is 14.0. The van der Waals surface area contributed by atoms with Gasteiger partial charge in [-0.2, -0.15) is 0 Å². The van der Waals surface area contributed by atoms with E-state index in [0.29, 0.717) is 10.9 Å². The second-order valence-electron chi connectivity index (χ2n) is 5.94. The second-order valence-corrected chi connectivity index (χ2v) is 8.09. The summed E-state index contributed by atoms with van der Waals surface area (Å²) in [6.07, 6.45) is 2.61. The first kappa shape index (κ1) is 16.3. The van der Waals surface area contributed by atoms with Crippen LogP contribution in [0, 0.1) is 0 Å². The SMILES string of the molecule is CC(CNc1ccc(S(=O)(=O)N(C)C)cc1)N(C)C1CC1. The van der Waals surface area contributed by atoms with Crippen molar-refractivity contribution in [1.29, 1.82) is 0 Å². The van der Waals surface area contributed by atoms with Crippen molar-refractivity contribution in [3.63, 3.8) is 0 Å². The van der Waals surface area contributed by atoms with E-state index < -0.39 is 10.0 Å². The van der Waals surface area contributed by atoms with Gasteiger partial charge in [-0.05, 0) is 51.1 Å². The Morgan fingerprint density at radius 2 is 1.76 bits per heavy atom. The molecule has 1 fully saturated rings. The fourth-order valence-corrected chi connectivity index (χ4v) is 3.11. The summed E-state index contributed by atoms with van der Waals surface area (Å²) in [5.74, 6) is 0. The van der Waals surface area contributed by atoms with Crippen molar-refractivity contribution in [1.82, 2.24) is 9.21 Å². The number of rotatable bonds is 7. The Hall–Kier alpha value is -1.11. The largest absolute Gasteiger partial charge is 0.383 e. The van der Waals surface area contributed by atoms with Crippen LogP contribution in [-0.2, 0) is 10.0 Å². The number of nitrogens with one attached hydrogen (secondary N) is 1. The predicted molar refractivity (Wildman–Crippen MR) is 86.1 cm³/mol. The first-order chi connectivity index (χ1) is 9.82. The highest BCUT2D eigenvalue weighted by Crippen LogP contribution is 2.27. The summed E-state index contributed by atoms with van der Waals surface area (Å²) in [5.41, 5.74) is 0.948. The molecule has 5 nitrogen and oxygen atoms in total. The smallest absolute Gasteiger partial charge is 0.242 e. The van der Waals surface area contributed by atoms with E-state index in [-0.39, 0.29) is 0 Å². The third-order valence-corrected chi connectivity index (χ3v) is 5.88. The normalized spacial score (nSPS) is 17.2. The van der Waals surface area contributed by atoms with Crippen LogP contribution in [0.15, 0.2) is 29.2 Å². The molecule has 0 heterocycles. The molecule has 1 aliphatic rings. The average molecular weight is 311 g/mol. The van der Waals surface area contributed by atoms with Gasteiger partial charge < -0.3 is 5.32 Å². The van der Waals surface area contributed by atoms with Gasteiger partial charge in [0, 0.05) is 38.4 Å². The van der Waals surface area contributed by atoms with E-state index in [1.165, 1.54) is 31.2 Å². The first-order valence-electron chi connectivity index (χ1n) is 7.31. The van der Waals surface area contributed by atoms with Crippen LogP contribution >= 0.6 is 0 Å². The van der Waals surface area contributed by atoms with Crippen LogP contribution in [0.5, 0.6) is 0 Å². The Morgan fingerprint density at radius 1 is 1.19 bits per heavy atom. The van der Waals surface area contributed by atoms with E-state index in [9.17, 15) is 8.42 Å². The summed E-state index contributed by atoms with van der Waals surface area (Å²) in [5, 5.41) is 3.37. The maximum atomic E-state index is 12.0. The van der Waals surface area contributed by atoms with E-state index in [1.54, 1.807) is 12.1 Å². The third-order valence-electron chi connectivity index (χ3n) is 4.05. The lowest BCUT2D eigenvalue weighted by atomic mass is 10.2. The fourth-order valence-electron chi connectivity index (χ4n) is 2.21. The van der Waals surface area contributed by atoms with Crippen molar-refractivity contribution in [2.45, 2.75) is 36.7 Å². The minimum absolute atomic E-state index is 0.321. The lowest BCUT2D eigenvalue weighted by Crippen LogP contribution is -2.36. The molecule has 1 aliphatic carbocycles. The van der Waals surface area contributed by atoms with Gasteiger partial charge in [0.15, 0.2) is 0 Å². The van der Waals surface area contributed by atoms with Gasteiger partial charge in [0.05, 0.1) is 4.90 Å². The highest BCUT2D eigenvalue weighted by molar-refractivity contribution is 7.89.